The van der Waals surface area contributed by atoms with E-state index in [2.05, 4.69) is 0 Å². The summed E-state index contributed by atoms with van der Waals surface area (Å²) < 4.78 is 28.4. The molecule has 1 aliphatic rings. The van der Waals surface area contributed by atoms with Crippen LogP contribution in [0.2, 0.25) is 0 Å². The summed E-state index contributed by atoms with van der Waals surface area (Å²) in [5, 5.41) is 11.0. The minimum atomic E-state index is -3.15. The molecule has 10 heteroatoms. The number of nitro benzene ring substituents is 1. The summed E-state index contributed by atoms with van der Waals surface area (Å²) in [4.78, 5) is 36.4. The molecule has 28 heavy (non-hydrogen) atoms. The number of benzene rings is 1. The lowest BCUT2D eigenvalue weighted by atomic mass is 10.1. The number of hydrogen-bond donors (Lipinski definition) is 0. The normalized spacial score (nSPS) is 19.3. The molecule has 1 amide bonds. The van der Waals surface area contributed by atoms with E-state index in [0.717, 1.165) is 6.08 Å². The summed E-state index contributed by atoms with van der Waals surface area (Å²) in [5.41, 5.74) is 0.0741. The fourth-order valence-electron chi connectivity index (χ4n) is 3.07. The molecule has 1 aliphatic heterocycles. The van der Waals surface area contributed by atoms with Crippen LogP contribution in [0, 0.1) is 10.1 Å². The SMILES string of the molecule is CCN(C(=O)C(C)OC(=O)/C=C/c1ccccc1[N+](=O)[O-])C1CCS(=O)(=O)C1. The molecule has 0 saturated carbocycles. The van der Waals surface area contributed by atoms with Crippen molar-refractivity contribution in [3.05, 3.63) is 46.0 Å². The van der Waals surface area contributed by atoms with Crippen LogP contribution in [0.5, 0.6) is 0 Å². The zero-order valence-electron chi connectivity index (χ0n) is 15.6. The Morgan fingerprint density at radius 1 is 1.39 bits per heavy atom. The molecule has 2 atom stereocenters. The van der Waals surface area contributed by atoms with E-state index in [1.54, 1.807) is 13.0 Å². The van der Waals surface area contributed by atoms with Gasteiger partial charge in [0.2, 0.25) is 0 Å². The van der Waals surface area contributed by atoms with E-state index >= 15 is 0 Å². The number of rotatable bonds is 7. The summed E-state index contributed by atoms with van der Waals surface area (Å²) in [5.74, 6) is -1.36. The maximum atomic E-state index is 12.6. The van der Waals surface area contributed by atoms with Crippen LogP contribution in [0.15, 0.2) is 30.3 Å². The first-order chi connectivity index (χ1) is 13.1. The number of sulfone groups is 1. The summed E-state index contributed by atoms with van der Waals surface area (Å²) in [6, 6.07) is 5.48. The Balaban J connectivity index is 2.01. The van der Waals surface area contributed by atoms with Gasteiger partial charge in [-0.1, -0.05) is 12.1 Å². The number of nitrogens with zero attached hydrogens (tertiary/aromatic N) is 2. The maximum Gasteiger partial charge on any atom is 0.331 e. The number of para-hydroxylation sites is 1. The number of likely N-dealkylation sites (N-methyl/N-ethyl adjacent to an activating group) is 1. The van der Waals surface area contributed by atoms with Gasteiger partial charge in [-0.3, -0.25) is 14.9 Å². The molecule has 9 nitrogen and oxygen atoms in total. The van der Waals surface area contributed by atoms with Gasteiger partial charge in [-0.05, 0) is 32.4 Å². The van der Waals surface area contributed by atoms with E-state index in [0.29, 0.717) is 13.0 Å². The largest absolute Gasteiger partial charge is 0.449 e. The van der Waals surface area contributed by atoms with Crippen molar-refractivity contribution in [2.45, 2.75) is 32.4 Å². The van der Waals surface area contributed by atoms with Gasteiger partial charge in [0, 0.05) is 24.7 Å². The van der Waals surface area contributed by atoms with Crippen LogP contribution < -0.4 is 0 Å². The van der Waals surface area contributed by atoms with E-state index < -0.39 is 38.8 Å². The third-order valence-electron chi connectivity index (χ3n) is 4.45. The van der Waals surface area contributed by atoms with Crippen molar-refractivity contribution < 1.29 is 27.7 Å². The van der Waals surface area contributed by atoms with E-state index in [1.807, 2.05) is 0 Å². The lowest BCUT2D eigenvalue weighted by Gasteiger charge is -2.29. The number of ether oxygens (including phenoxy) is 1. The second-order valence-corrected chi connectivity index (χ2v) is 8.64. The van der Waals surface area contributed by atoms with Crippen molar-refractivity contribution in [3.8, 4) is 0 Å². The van der Waals surface area contributed by atoms with Gasteiger partial charge >= 0.3 is 5.97 Å². The molecule has 0 radical (unpaired) electrons. The molecule has 0 aromatic heterocycles. The molecule has 1 heterocycles. The zero-order chi connectivity index (χ0) is 20.9. The molecule has 1 aromatic rings. The van der Waals surface area contributed by atoms with Crippen molar-refractivity contribution in [2.24, 2.45) is 0 Å². The average molecular weight is 410 g/mol. The molecule has 152 valence electrons. The second-order valence-electron chi connectivity index (χ2n) is 6.41. The number of hydrogen-bond acceptors (Lipinski definition) is 7. The first-order valence-corrected chi connectivity index (χ1v) is 10.6. The molecule has 2 unspecified atom stereocenters. The molecule has 1 aromatic carbocycles. The van der Waals surface area contributed by atoms with E-state index in [-0.39, 0.29) is 22.8 Å². The Kier molecular flexibility index (Phi) is 6.90. The first kappa shape index (κ1) is 21.5. The molecular weight excluding hydrogens is 388 g/mol. The zero-order valence-corrected chi connectivity index (χ0v) is 16.4. The number of nitro groups is 1. The van der Waals surface area contributed by atoms with Crippen molar-refractivity contribution in [2.75, 3.05) is 18.1 Å². The summed E-state index contributed by atoms with van der Waals surface area (Å²) in [6.45, 7) is 3.43. The molecule has 0 N–H and O–H groups in total. The Bertz CT molecular complexity index is 895. The van der Waals surface area contributed by atoms with E-state index in [9.17, 15) is 28.1 Å². The van der Waals surface area contributed by atoms with Gasteiger partial charge in [-0.15, -0.1) is 0 Å². The van der Waals surface area contributed by atoms with Gasteiger partial charge in [0.15, 0.2) is 15.9 Å². The van der Waals surface area contributed by atoms with Gasteiger partial charge in [0.25, 0.3) is 11.6 Å². The predicted octanol–water partition coefficient (Wildman–Crippen LogP) is 1.58. The maximum absolute atomic E-state index is 12.6. The third-order valence-corrected chi connectivity index (χ3v) is 6.20. The van der Waals surface area contributed by atoms with Gasteiger partial charge in [-0.2, -0.15) is 0 Å². The number of carbonyl (C=O) groups is 2. The number of amides is 1. The van der Waals surface area contributed by atoms with Gasteiger partial charge < -0.3 is 9.64 Å². The van der Waals surface area contributed by atoms with E-state index in [1.165, 1.54) is 36.1 Å². The molecule has 1 saturated heterocycles. The summed E-state index contributed by atoms with van der Waals surface area (Å²) in [7, 11) is -3.15. The number of esters is 1. The predicted molar refractivity (Wildman–Crippen MR) is 102 cm³/mol. The highest BCUT2D eigenvalue weighted by Crippen LogP contribution is 2.20. The van der Waals surface area contributed by atoms with Crippen LogP contribution in [0.4, 0.5) is 5.69 Å². The molecular formula is C18H22N2O7S. The Hall–Kier alpha value is -2.75. The van der Waals surface area contributed by atoms with Crippen LogP contribution in [-0.2, 0) is 24.2 Å². The highest BCUT2D eigenvalue weighted by Gasteiger charge is 2.36. The fourth-order valence-corrected chi connectivity index (χ4v) is 4.80. The molecule has 0 aliphatic carbocycles. The van der Waals surface area contributed by atoms with Crippen LogP contribution in [0.1, 0.15) is 25.8 Å². The minimum Gasteiger partial charge on any atom is -0.449 e. The molecule has 1 fully saturated rings. The minimum absolute atomic E-state index is 0.0359. The van der Waals surface area contributed by atoms with Crippen molar-refractivity contribution >= 4 is 33.5 Å². The van der Waals surface area contributed by atoms with E-state index in [4.69, 9.17) is 4.74 Å². The smallest absolute Gasteiger partial charge is 0.331 e. The topological polar surface area (TPSA) is 124 Å². The Morgan fingerprint density at radius 3 is 2.64 bits per heavy atom. The lowest BCUT2D eigenvalue weighted by Crippen LogP contribution is -2.46. The Morgan fingerprint density at radius 2 is 2.07 bits per heavy atom. The van der Waals surface area contributed by atoms with Crippen LogP contribution >= 0.6 is 0 Å². The van der Waals surface area contributed by atoms with Crippen molar-refractivity contribution in [1.82, 2.24) is 4.90 Å². The standard InChI is InChI=1S/C18H22N2O7S/c1-3-19(15-10-11-28(25,26)12-15)18(22)13(2)27-17(21)9-8-14-6-4-5-7-16(14)20(23)24/h4-9,13,15H,3,10-12H2,1-2H3/b9-8+. The van der Waals surface area contributed by atoms with Crippen LogP contribution in [-0.4, -0.2) is 60.3 Å². The second kappa shape index (κ2) is 8.96. The van der Waals surface area contributed by atoms with Gasteiger partial charge in [0.1, 0.15) is 0 Å². The van der Waals surface area contributed by atoms with Crippen molar-refractivity contribution in [3.63, 3.8) is 0 Å². The highest BCUT2D eigenvalue weighted by atomic mass is 32.2. The van der Waals surface area contributed by atoms with Gasteiger partial charge in [0.05, 0.1) is 22.0 Å². The quantitative estimate of drug-likeness (QED) is 0.289. The van der Waals surface area contributed by atoms with Crippen LogP contribution in [0.3, 0.4) is 0 Å². The average Bonchev–Trinajstić information content (AvgIpc) is 3.00. The monoisotopic (exact) mass is 410 g/mol. The summed E-state index contributed by atoms with van der Waals surface area (Å²) >= 11 is 0. The van der Waals surface area contributed by atoms with Crippen LogP contribution in [0.25, 0.3) is 6.08 Å². The third kappa shape index (κ3) is 5.38. The Labute approximate surface area is 163 Å². The first-order valence-electron chi connectivity index (χ1n) is 8.77. The van der Waals surface area contributed by atoms with Gasteiger partial charge in [-0.25, -0.2) is 13.2 Å². The highest BCUT2D eigenvalue weighted by molar-refractivity contribution is 7.91. The van der Waals surface area contributed by atoms with Crippen molar-refractivity contribution in [1.29, 1.82) is 0 Å². The molecule has 2 rings (SSSR count). The molecule has 0 bridgehead atoms. The number of carbonyl (C=O) groups excluding carboxylic acids is 2. The lowest BCUT2D eigenvalue weighted by molar-refractivity contribution is -0.385. The summed E-state index contributed by atoms with van der Waals surface area (Å²) in [6.07, 6.45) is 1.52. The fraction of sp³-hybridized carbons (Fsp3) is 0.444. The molecule has 0 spiro atoms.